The van der Waals surface area contributed by atoms with E-state index in [-0.39, 0.29) is 0 Å². The number of pyridine rings is 1. The highest BCUT2D eigenvalue weighted by molar-refractivity contribution is 5.30. The molecule has 0 saturated carbocycles. The zero-order valence-corrected chi connectivity index (χ0v) is 15.4. The van der Waals surface area contributed by atoms with Crippen LogP contribution < -0.4 is 4.74 Å². The molecule has 0 amide bonds. The number of fused-ring (bicyclic) bond motifs is 1. The van der Waals surface area contributed by atoms with Gasteiger partial charge in [-0.05, 0) is 69.7 Å². The summed E-state index contributed by atoms with van der Waals surface area (Å²) >= 11 is 0. The number of piperidine rings is 1. The van der Waals surface area contributed by atoms with Gasteiger partial charge in [0, 0.05) is 25.4 Å². The molecule has 0 N–H and O–H groups in total. The van der Waals surface area contributed by atoms with Crippen molar-refractivity contribution in [3.63, 3.8) is 0 Å². The quantitative estimate of drug-likeness (QED) is 0.839. The second kappa shape index (κ2) is 7.16. The Balaban J connectivity index is 1.28. The first-order chi connectivity index (χ1) is 12.2. The Kier molecular flexibility index (Phi) is 4.75. The van der Waals surface area contributed by atoms with Crippen molar-refractivity contribution in [2.45, 2.75) is 45.6 Å². The maximum absolute atomic E-state index is 5.95. The van der Waals surface area contributed by atoms with Gasteiger partial charge < -0.3 is 4.74 Å². The van der Waals surface area contributed by atoms with Crippen molar-refractivity contribution in [1.82, 2.24) is 19.7 Å². The van der Waals surface area contributed by atoms with Crippen molar-refractivity contribution in [2.75, 3.05) is 19.7 Å². The molecule has 1 aliphatic carbocycles. The molecule has 2 aliphatic rings. The summed E-state index contributed by atoms with van der Waals surface area (Å²) in [6.07, 6.45) is 7.86. The van der Waals surface area contributed by atoms with Crippen molar-refractivity contribution in [1.29, 1.82) is 0 Å². The summed E-state index contributed by atoms with van der Waals surface area (Å²) in [5, 5.41) is 4.71. The molecule has 0 atom stereocenters. The predicted octanol–water partition coefficient (Wildman–Crippen LogP) is 2.90. The van der Waals surface area contributed by atoms with E-state index in [1.807, 2.05) is 6.07 Å². The lowest BCUT2D eigenvalue weighted by atomic mass is 9.97. The summed E-state index contributed by atoms with van der Waals surface area (Å²) in [4.78, 5) is 6.91. The van der Waals surface area contributed by atoms with Crippen LogP contribution in [0.25, 0.3) is 0 Å². The van der Waals surface area contributed by atoms with Crippen molar-refractivity contribution in [3.05, 3.63) is 40.8 Å². The third-order valence-corrected chi connectivity index (χ3v) is 5.70. The molecule has 0 unspecified atom stereocenters. The summed E-state index contributed by atoms with van der Waals surface area (Å²) in [6, 6.07) is 4.01. The number of aryl methyl sites for hydroxylation is 3. The van der Waals surface area contributed by atoms with Gasteiger partial charge in [0.15, 0.2) is 0 Å². The largest absolute Gasteiger partial charge is 0.477 e. The molecular weight excluding hydrogens is 312 g/mol. The van der Waals surface area contributed by atoms with Crippen LogP contribution in [-0.2, 0) is 26.4 Å². The molecule has 2 aromatic heterocycles. The Hall–Kier alpha value is -1.88. The minimum atomic E-state index is 0.634. The lowest BCUT2D eigenvalue weighted by Crippen LogP contribution is -2.35. The Bertz CT molecular complexity index is 731. The Labute approximate surface area is 150 Å². The molecule has 0 aromatic carbocycles. The molecule has 134 valence electrons. The Morgan fingerprint density at radius 3 is 2.88 bits per heavy atom. The van der Waals surface area contributed by atoms with Crippen LogP contribution in [0.2, 0.25) is 0 Å². The molecule has 0 spiro atoms. The lowest BCUT2D eigenvalue weighted by Gasteiger charge is -2.32. The van der Waals surface area contributed by atoms with E-state index >= 15 is 0 Å². The van der Waals surface area contributed by atoms with E-state index in [0.29, 0.717) is 5.92 Å². The number of aromatic nitrogens is 3. The number of nitrogens with zero attached hydrogens (tertiary/aromatic N) is 4. The molecule has 4 rings (SSSR count). The zero-order chi connectivity index (χ0) is 17.2. The van der Waals surface area contributed by atoms with Gasteiger partial charge in [-0.1, -0.05) is 6.07 Å². The molecule has 0 radical (unpaired) electrons. The first-order valence-electron chi connectivity index (χ1n) is 9.51. The molecule has 3 heterocycles. The topological polar surface area (TPSA) is 43.2 Å². The number of ether oxygens (including phenoxy) is 1. The van der Waals surface area contributed by atoms with Gasteiger partial charge >= 0.3 is 0 Å². The number of hydrogen-bond donors (Lipinski definition) is 0. The number of rotatable bonds is 5. The van der Waals surface area contributed by atoms with Crippen LogP contribution in [-0.4, -0.2) is 39.4 Å². The summed E-state index contributed by atoms with van der Waals surface area (Å²) < 4.78 is 8.07. The fourth-order valence-corrected chi connectivity index (χ4v) is 4.13. The molecule has 2 aromatic rings. The van der Waals surface area contributed by atoms with Crippen molar-refractivity contribution in [3.8, 4) is 5.88 Å². The highest BCUT2D eigenvalue weighted by Crippen LogP contribution is 2.27. The molecule has 1 aliphatic heterocycles. The molecule has 0 bridgehead atoms. The van der Waals surface area contributed by atoms with Gasteiger partial charge in [0.1, 0.15) is 0 Å². The monoisotopic (exact) mass is 340 g/mol. The minimum absolute atomic E-state index is 0.634. The van der Waals surface area contributed by atoms with E-state index in [2.05, 4.69) is 34.6 Å². The summed E-state index contributed by atoms with van der Waals surface area (Å²) in [7, 11) is 2.10. The maximum Gasteiger partial charge on any atom is 0.216 e. The fourth-order valence-electron chi connectivity index (χ4n) is 4.13. The molecule has 5 heteroatoms. The summed E-state index contributed by atoms with van der Waals surface area (Å²) in [5.74, 6) is 1.42. The molecule has 1 saturated heterocycles. The summed E-state index contributed by atoms with van der Waals surface area (Å²) in [6.45, 7) is 6.18. The van der Waals surface area contributed by atoms with Gasteiger partial charge in [-0.3, -0.25) is 9.58 Å². The Morgan fingerprint density at radius 2 is 2.08 bits per heavy atom. The third-order valence-electron chi connectivity index (χ3n) is 5.70. The van der Waals surface area contributed by atoms with Gasteiger partial charge in [0.05, 0.1) is 18.0 Å². The van der Waals surface area contributed by atoms with Gasteiger partial charge in [-0.15, -0.1) is 0 Å². The fraction of sp³-hybridized carbons (Fsp3) is 0.600. The van der Waals surface area contributed by atoms with Crippen LogP contribution in [0.5, 0.6) is 5.88 Å². The smallest absolute Gasteiger partial charge is 0.216 e. The summed E-state index contributed by atoms with van der Waals surface area (Å²) in [5.41, 5.74) is 5.42. The van der Waals surface area contributed by atoms with Crippen LogP contribution in [0.1, 0.15) is 41.8 Å². The minimum Gasteiger partial charge on any atom is -0.477 e. The van der Waals surface area contributed by atoms with Gasteiger partial charge in [0.25, 0.3) is 0 Å². The van der Waals surface area contributed by atoms with Crippen LogP contribution >= 0.6 is 0 Å². The lowest BCUT2D eigenvalue weighted by molar-refractivity contribution is 0.132. The van der Waals surface area contributed by atoms with E-state index < -0.39 is 0 Å². The number of likely N-dealkylation sites (tertiary alicyclic amines) is 1. The normalized spacial score (nSPS) is 18.5. The predicted molar refractivity (Wildman–Crippen MR) is 97.7 cm³/mol. The van der Waals surface area contributed by atoms with Crippen molar-refractivity contribution in [2.24, 2.45) is 13.0 Å². The number of hydrogen-bond acceptors (Lipinski definition) is 4. The van der Waals surface area contributed by atoms with Crippen LogP contribution in [0.15, 0.2) is 18.3 Å². The zero-order valence-electron chi connectivity index (χ0n) is 15.4. The third kappa shape index (κ3) is 3.56. The van der Waals surface area contributed by atoms with E-state index in [0.717, 1.165) is 44.1 Å². The Morgan fingerprint density at radius 1 is 1.24 bits per heavy atom. The highest BCUT2D eigenvalue weighted by Gasteiger charge is 2.25. The van der Waals surface area contributed by atoms with E-state index in [4.69, 9.17) is 9.84 Å². The van der Waals surface area contributed by atoms with Crippen molar-refractivity contribution < 1.29 is 4.74 Å². The maximum atomic E-state index is 5.95. The standard InChI is InChI=1S/C20H28N4O/c1-15-5-4-10-21-20(15)25-14-16-8-11-24(12-9-16)13-19-17-6-3-7-18(17)22-23(19)2/h4-5,10,16H,3,6-9,11-14H2,1-2H3. The van der Waals surface area contributed by atoms with Crippen molar-refractivity contribution >= 4 is 0 Å². The second-order valence-corrected chi connectivity index (χ2v) is 7.51. The van der Waals surface area contributed by atoms with Gasteiger partial charge in [-0.2, -0.15) is 5.10 Å². The molecular formula is C20H28N4O. The van der Waals surface area contributed by atoms with E-state index in [1.54, 1.807) is 6.20 Å². The average Bonchev–Trinajstić information content (AvgIpc) is 3.18. The van der Waals surface area contributed by atoms with Gasteiger partial charge in [0.2, 0.25) is 5.88 Å². The first-order valence-corrected chi connectivity index (χ1v) is 9.51. The molecule has 1 fully saturated rings. The highest BCUT2D eigenvalue weighted by atomic mass is 16.5. The molecule has 5 nitrogen and oxygen atoms in total. The van der Waals surface area contributed by atoms with E-state index in [1.165, 1.54) is 42.6 Å². The van der Waals surface area contributed by atoms with E-state index in [9.17, 15) is 0 Å². The van der Waals surface area contributed by atoms with Crippen LogP contribution in [0.4, 0.5) is 0 Å². The van der Waals surface area contributed by atoms with Gasteiger partial charge in [-0.25, -0.2) is 4.98 Å². The van der Waals surface area contributed by atoms with Crippen LogP contribution in [0.3, 0.4) is 0 Å². The first kappa shape index (κ1) is 16.6. The van der Waals surface area contributed by atoms with Crippen LogP contribution in [0, 0.1) is 12.8 Å². The average molecular weight is 340 g/mol. The molecule has 25 heavy (non-hydrogen) atoms. The second-order valence-electron chi connectivity index (χ2n) is 7.51. The SMILES string of the molecule is Cc1cccnc1OCC1CCN(Cc2c3c(nn2C)CCC3)CC1.